The predicted octanol–water partition coefficient (Wildman–Crippen LogP) is 16.2. The lowest BCUT2D eigenvalue weighted by Crippen LogP contribution is -2.61. The minimum atomic E-state index is -1.92. The molecule has 0 saturated carbocycles. The molecule has 1 aliphatic rings. The maximum atomic E-state index is 13.2. The van der Waals surface area contributed by atoms with E-state index in [9.17, 15) is 34.5 Å². The number of hydrogen-bond donors (Lipinski definition) is 3. The van der Waals surface area contributed by atoms with Gasteiger partial charge in [0.2, 0.25) is 0 Å². The van der Waals surface area contributed by atoms with Crippen molar-refractivity contribution in [3.8, 4) is 0 Å². The lowest BCUT2D eigenvalue weighted by molar-refractivity contribution is -0.301. The van der Waals surface area contributed by atoms with E-state index in [1.807, 2.05) is 0 Å². The molecule has 1 fully saturated rings. The maximum absolute atomic E-state index is 13.2. The number of aliphatic carboxylic acids is 1. The topological polar surface area (TPSA) is 175 Å². The second-order valence-electron chi connectivity index (χ2n) is 20.6. The summed E-state index contributed by atoms with van der Waals surface area (Å²) in [5.74, 6) is -3.20. The summed E-state index contributed by atoms with van der Waals surface area (Å²) < 4.78 is 28.4. The number of carbonyl (C=O) groups is 4. The molecule has 0 radical (unpaired) electrons. The van der Waals surface area contributed by atoms with Gasteiger partial charge in [-0.25, -0.2) is 4.79 Å². The highest BCUT2D eigenvalue weighted by Crippen LogP contribution is 2.26. The first-order chi connectivity index (χ1) is 38.6. The Morgan fingerprint density at radius 3 is 1.23 bits per heavy atom. The molecule has 1 rings (SSSR count). The predicted molar refractivity (Wildman–Crippen MR) is 321 cm³/mol. The van der Waals surface area contributed by atoms with Crippen LogP contribution >= 0.6 is 0 Å². The minimum absolute atomic E-state index is 0.0401. The molecular weight excluding hydrogens is 997 g/mol. The van der Waals surface area contributed by atoms with Gasteiger partial charge in [-0.15, -0.1) is 0 Å². The summed E-state index contributed by atoms with van der Waals surface area (Å²) in [6.45, 7) is 5.72. The molecule has 0 bridgehead atoms. The van der Waals surface area contributed by atoms with Crippen molar-refractivity contribution in [1.29, 1.82) is 0 Å². The highest BCUT2D eigenvalue weighted by Gasteiger charge is 2.50. The highest BCUT2D eigenvalue weighted by molar-refractivity contribution is 5.74. The zero-order valence-electron chi connectivity index (χ0n) is 49.3. The Morgan fingerprint density at radius 1 is 0.430 bits per heavy atom. The number of allylic oxidation sites excluding steroid dienone is 18. The Balaban J connectivity index is 2.73. The number of rotatable bonds is 51. The number of hydrogen-bond acceptors (Lipinski definition) is 11. The Hall–Kier alpha value is -4.62. The molecule has 79 heavy (non-hydrogen) atoms. The van der Waals surface area contributed by atoms with Gasteiger partial charge >= 0.3 is 23.9 Å². The molecule has 0 amide bonds. The van der Waals surface area contributed by atoms with Gasteiger partial charge in [-0.1, -0.05) is 207 Å². The zero-order valence-corrected chi connectivity index (χ0v) is 49.3. The second kappa shape index (κ2) is 54.0. The number of ether oxygens (including phenoxy) is 5. The van der Waals surface area contributed by atoms with Crippen LogP contribution in [0.5, 0.6) is 0 Å². The SMILES string of the molecule is CC/C=C\C/C=C\C/C=C\C/C=C\CCCCCCC(=O)OCC(COC1OC(C(=O)O)C(O)C(O)C1OC(=O)CCCCCCC/C=C\CCCCCCCC)OC(=O)CCCCCC/C=C\C/C=C\C/C=C\C/C=C\CC. The third kappa shape index (κ3) is 43.8. The number of aliphatic hydroxyl groups excluding tert-OH is 2. The van der Waals surface area contributed by atoms with Crippen molar-refractivity contribution in [3.05, 3.63) is 109 Å². The van der Waals surface area contributed by atoms with Crippen molar-refractivity contribution in [2.75, 3.05) is 13.2 Å². The van der Waals surface area contributed by atoms with Crippen molar-refractivity contribution < 1.29 is 58.2 Å². The fraction of sp³-hybridized carbons (Fsp3) is 0.672. The average molecular weight is 1110 g/mol. The first-order valence-corrected chi connectivity index (χ1v) is 30.9. The average Bonchev–Trinajstić information content (AvgIpc) is 3.46. The van der Waals surface area contributed by atoms with E-state index in [2.05, 4.69) is 130 Å². The number of aliphatic hydroxyl groups is 2. The largest absolute Gasteiger partial charge is 0.479 e. The fourth-order valence-corrected chi connectivity index (χ4v) is 8.64. The molecular formula is C67H108O12. The summed E-state index contributed by atoms with van der Waals surface area (Å²) in [5.41, 5.74) is 0. The zero-order chi connectivity index (χ0) is 57.5. The summed E-state index contributed by atoms with van der Waals surface area (Å²) in [7, 11) is 0. The normalized spacial score (nSPS) is 18.6. The molecule has 0 aromatic rings. The van der Waals surface area contributed by atoms with E-state index in [0.717, 1.165) is 141 Å². The van der Waals surface area contributed by atoms with Crippen molar-refractivity contribution in [2.24, 2.45) is 0 Å². The van der Waals surface area contributed by atoms with Crippen LogP contribution in [0.1, 0.15) is 239 Å². The molecule has 0 aliphatic carbocycles. The number of carboxylic acids is 1. The molecule has 0 aromatic carbocycles. The summed E-state index contributed by atoms with van der Waals surface area (Å²) in [4.78, 5) is 51.2. The van der Waals surface area contributed by atoms with Gasteiger partial charge in [-0.3, -0.25) is 14.4 Å². The monoisotopic (exact) mass is 1100 g/mol. The van der Waals surface area contributed by atoms with Crippen LogP contribution in [0, 0.1) is 0 Å². The van der Waals surface area contributed by atoms with Crippen molar-refractivity contribution in [1.82, 2.24) is 0 Å². The molecule has 12 heteroatoms. The molecule has 1 saturated heterocycles. The Labute approximate surface area is 478 Å². The smallest absolute Gasteiger partial charge is 0.335 e. The first kappa shape index (κ1) is 72.4. The van der Waals surface area contributed by atoms with E-state index in [0.29, 0.717) is 19.3 Å². The standard InChI is InChI=1S/C67H108O12/c1-4-7-10-13-16-19-22-25-28-30-33-35-38-41-44-47-50-53-59(68)75-56-58(77-60(69)54-51-48-45-42-39-37-34-31-29-26-23-20-17-14-11-8-5-2)57-76-67-65(63(72)62(71)64(79-67)66(73)74)78-61(70)55-52-49-46-43-40-36-32-27-24-21-18-15-12-9-6-3/h7-8,10-11,16-17,19-20,25-29,32-35,37,58,62-65,67,71-72H,4-6,9,12-15,18,21-24,30-31,36,38-57H2,1-3H3,(H,73,74)/b10-7-,11-8-,19-16-,20-17-,28-25-,29-26-,32-27-,35-33-,37-34-. The summed E-state index contributed by atoms with van der Waals surface area (Å²) in [6, 6.07) is 0. The van der Waals surface area contributed by atoms with Gasteiger partial charge in [-0.05, 0) is 122 Å². The van der Waals surface area contributed by atoms with Crippen LogP contribution in [0.3, 0.4) is 0 Å². The lowest BCUT2D eigenvalue weighted by Gasteiger charge is -2.40. The van der Waals surface area contributed by atoms with Gasteiger partial charge in [0.25, 0.3) is 0 Å². The summed E-state index contributed by atoms with van der Waals surface area (Å²) in [5, 5.41) is 31.5. The van der Waals surface area contributed by atoms with E-state index >= 15 is 0 Å². The highest BCUT2D eigenvalue weighted by atomic mass is 16.7. The van der Waals surface area contributed by atoms with E-state index in [-0.39, 0.29) is 25.9 Å². The van der Waals surface area contributed by atoms with E-state index in [4.69, 9.17) is 23.7 Å². The van der Waals surface area contributed by atoms with Crippen LogP contribution in [0.2, 0.25) is 0 Å². The first-order valence-electron chi connectivity index (χ1n) is 30.9. The van der Waals surface area contributed by atoms with Gasteiger partial charge < -0.3 is 39.0 Å². The Kier molecular flexibility index (Phi) is 49.5. The van der Waals surface area contributed by atoms with E-state index in [1.54, 1.807) is 0 Å². The molecule has 448 valence electrons. The molecule has 0 aromatic heterocycles. The van der Waals surface area contributed by atoms with Crippen LogP contribution in [0.4, 0.5) is 0 Å². The molecule has 6 unspecified atom stereocenters. The fourth-order valence-electron chi connectivity index (χ4n) is 8.64. The van der Waals surface area contributed by atoms with Gasteiger partial charge in [0.15, 0.2) is 24.6 Å². The van der Waals surface area contributed by atoms with Crippen LogP contribution in [-0.4, -0.2) is 89.2 Å². The second-order valence-corrected chi connectivity index (χ2v) is 20.6. The van der Waals surface area contributed by atoms with Crippen LogP contribution in [0.25, 0.3) is 0 Å². The van der Waals surface area contributed by atoms with Crippen LogP contribution < -0.4 is 0 Å². The number of carbonyl (C=O) groups excluding carboxylic acids is 3. The lowest BCUT2D eigenvalue weighted by atomic mass is 9.98. The van der Waals surface area contributed by atoms with E-state index in [1.165, 1.54) is 38.5 Å². The van der Waals surface area contributed by atoms with Crippen LogP contribution in [0.15, 0.2) is 109 Å². The third-order valence-corrected chi connectivity index (χ3v) is 13.3. The summed E-state index contributed by atoms with van der Waals surface area (Å²) in [6.07, 6.45) is 60.5. The molecule has 3 N–H and O–H groups in total. The minimum Gasteiger partial charge on any atom is -0.479 e. The van der Waals surface area contributed by atoms with Gasteiger partial charge in [0, 0.05) is 19.3 Å². The molecule has 12 nitrogen and oxygen atoms in total. The molecule has 0 spiro atoms. The summed E-state index contributed by atoms with van der Waals surface area (Å²) >= 11 is 0. The number of carboxylic acid groups (broad SMARTS) is 1. The Morgan fingerprint density at radius 2 is 0.797 bits per heavy atom. The molecule has 1 heterocycles. The van der Waals surface area contributed by atoms with Gasteiger partial charge in [0.05, 0.1) is 6.61 Å². The Bertz CT molecular complexity index is 1790. The van der Waals surface area contributed by atoms with Crippen molar-refractivity contribution >= 4 is 23.9 Å². The molecule has 6 atom stereocenters. The van der Waals surface area contributed by atoms with Crippen molar-refractivity contribution in [2.45, 2.75) is 276 Å². The van der Waals surface area contributed by atoms with Gasteiger partial charge in [-0.2, -0.15) is 0 Å². The molecule has 1 aliphatic heterocycles. The van der Waals surface area contributed by atoms with Crippen molar-refractivity contribution in [3.63, 3.8) is 0 Å². The quantitative estimate of drug-likeness (QED) is 0.0228. The number of unbranched alkanes of at least 4 members (excludes halogenated alkanes) is 19. The van der Waals surface area contributed by atoms with Crippen LogP contribution in [-0.2, 0) is 42.9 Å². The maximum Gasteiger partial charge on any atom is 0.335 e. The van der Waals surface area contributed by atoms with Gasteiger partial charge in [0.1, 0.15) is 18.8 Å². The number of esters is 3. The van der Waals surface area contributed by atoms with E-state index < -0.39 is 67.3 Å². The third-order valence-electron chi connectivity index (χ3n) is 13.3.